The molecule has 0 bridgehead atoms. The first-order valence-corrected chi connectivity index (χ1v) is 8.51. The van der Waals surface area contributed by atoms with Gasteiger partial charge in [0.1, 0.15) is 17.8 Å². The van der Waals surface area contributed by atoms with E-state index in [9.17, 15) is 0 Å². The second-order valence-corrected chi connectivity index (χ2v) is 6.34. The minimum absolute atomic E-state index is 0.400. The van der Waals surface area contributed by atoms with Crippen LogP contribution < -0.4 is 21.1 Å². The van der Waals surface area contributed by atoms with Crippen LogP contribution in [0.25, 0.3) is 0 Å². The molecule has 0 aliphatic rings. The minimum Gasteiger partial charge on any atom is -0.497 e. The first-order chi connectivity index (χ1) is 12.5. The second-order valence-electron chi connectivity index (χ2n) is 5.47. The van der Waals surface area contributed by atoms with Crippen LogP contribution >= 0.6 is 23.2 Å². The van der Waals surface area contributed by atoms with E-state index in [4.69, 9.17) is 33.7 Å². The lowest BCUT2D eigenvalue weighted by atomic mass is 10.2. The second kappa shape index (κ2) is 8.12. The predicted molar refractivity (Wildman–Crippen MR) is 107 cm³/mol. The van der Waals surface area contributed by atoms with Gasteiger partial charge in [-0.3, -0.25) is 0 Å². The molecule has 3 rings (SSSR count). The molecule has 0 spiro atoms. The topological polar surface area (TPSA) is 85.1 Å². The van der Waals surface area contributed by atoms with Gasteiger partial charge in [-0.2, -0.15) is 0 Å². The van der Waals surface area contributed by atoms with E-state index in [1.807, 2.05) is 24.3 Å². The third-order valence-corrected chi connectivity index (χ3v) is 4.06. The van der Waals surface area contributed by atoms with Crippen LogP contribution in [0, 0.1) is 0 Å². The number of nitrogens with zero attached hydrogens (tertiary/aromatic N) is 2. The van der Waals surface area contributed by atoms with Gasteiger partial charge in [-0.1, -0.05) is 35.3 Å². The molecule has 0 aliphatic heterocycles. The van der Waals surface area contributed by atoms with Gasteiger partial charge in [-0.05, 0) is 35.9 Å². The van der Waals surface area contributed by atoms with Gasteiger partial charge in [0.15, 0.2) is 11.6 Å². The van der Waals surface area contributed by atoms with Gasteiger partial charge in [0.2, 0.25) is 0 Å². The fourth-order valence-corrected chi connectivity index (χ4v) is 2.85. The van der Waals surface area contributed by atoms with Gasteiger partial charge < -0.3 is 21.1 Å². The van der Waals surface area contributed by atoms with Crippen LogP contribution in [-0.4, -0.2) is 17.1 Å². The van der Waals surface area contributed by atoms with E-state index in [1.165, 1.54) is 6.33 Å². The number of nitrogen functional groups attached to an aromatic ring is 1. The van der Waals surface area contributed by atoms with Crippen molar-refractivity contribution in [2.75, 3.05) is 23.5 Å². The number of hydrogen-bond donors (Lipinski definition) is 3. The molecule has 0 amide bonds. The Morgan fingerprint density at radius 2 is 1.65 bits per heavy atom. The lowest BCUT2D eigenvalue weighted by Crippen LogP contribution is -2.08. The summed E-state index contributed by atoms with van der Waals surface area (Å²) in [4.78, 5) is 8.38. The lowest BCUT2D eigenvalue weighted by molar-refractivity contribution is 0.414. The van der Waals surface area contributed by atoms with Crippen molar-refractivity contribution in [3.63, 3.8) is 0 Å². The summed E-state index contributed by atoms with van der Waals surface area (Å²) < 4.78 is 5.15. The number of hydrogen-bond acceptors (Lipinski definition) is 6. The molecular weight excluding hydrogens is 373 g/mol. The Morgan fingerprint density at radius 1 is 1.00 bits per heavy atom. The summed E-state index contributed by atoms with van der Waals surface area (Å²) in [6.07, 6.45) is 1.43. The van der Waals surface area contributed by atoms with Gasteiger partial charge in [0.25, 0.3) is 0 Å². The maximum atomic E-state index is 6.18. The molecule has 0 radical (unpaired) electrons. The highest BCUT2D eigenvalue weighted by molar-refractivity contribution is 6.35. The van der Waals surface area contributed by atoms with Crippen molar-refractivity contribution in [3.8, 4) is 5.75 Å². The molecular formula is C18H17Cl2N5O. The molecule has 0 atom stereocenters. The third kappa shape index (κ3) is 4.47. The zero-order chi connectivity index (χ0) is 18.5. The molecule has 0 saturated heterocycles. The van der Waals surface area contributed by atoms with Crippen molar-refractivity contribution in [3.05, 3.63) is 64.4 Å². The van der Waals surface area contributed by atoms with Crippen LogP contribution in [0.4, 0.5) is 23.0 Å². The van der Waals surface area contributed by atoms with Gasteiger partial charge in [0.05, 0.1) is 7.11 Å². The van der Waals surface area contributed by atoms with Crippen molar-refractivity contribution in [1.29, 1.82) is 0 Å². The number of methoxy groups -OCH3 is 1. The molecule has 2 aromatic carbocycles. The quantitative estimate of drug-likeness (QED) is 0.564. The molecule has 4 N–H and O–H groups in total. The maximum Gasteiger partial charge on any atom is 0.159 e. The van der Waals surface area contributed by atoms with Crippen LogP contribution in [0.5, 0.6) is 5.75 Å². The molecule has 0 aliphatic carbocycles. The number of anilines is 4. The van der Waals surface area contributed by atoms with Crippen LogP contribution in [-0.2, 0) is 6.54 Å². The highest BCUT2D eigenvalue weighted by atomic mass is 35.5. The van der Waals surface area contributed by atoms with Crippen molar-refractivity contribution < 1.29 is 4.74 Å². The lowest BCUT2D eigenvalue weighted by Gasteiger charge is -2.13. The first kappa shape index (κ1) is 18.1. The van der Waals surface area contributed by atoms with Crippen molar-refractivity contribution in [2.45, 2.75) is 6.54 Å². The van der Waals surface area contributed by atoms with Crippen LogP contribution in [0.15, 0.2) is 48.8 Å². The van der Waals surface area contributed by atoms with Gasteiger partial charge in [-0.25, -0.2) is 9.97 Å². The third-order valence-electron chi connectivity index (χ3n) is 3.63. The molecule has 0 fully saturated rings. The fraction of sp³-hybridized carbons (Fsp3) is 0.111. The number of nitrogens with two attached hydrogens (primary N) is 1. The number of ether oxygens (including phenoxy) is 1. The molecule has 134 valence electrons. The monoisotopic (exact) mass is 389 g/mol. The number of benzene rings is 2. The van der Waals surface area contributed by atoms with E-state index in [-0.39, 0.29) is 0 Å². The van der Waals surface area contributed by atoms with E-state index < -0.39 is 0 Å². The summed E-state index contributed by atoms with van der Waals surface area (Å²) in [5.74, 6) is 1.81. The first-order valence-electron chi connectivity index (χ1n) is 7.75. The average molecular weight is 390 g/mol. The zero-order valence-corrected chi connectivity index (χ0v) is 15.5. The highest BCUT2D eigenvalue weighted by Crippen LogP contribution is 2.29. The van der Waals surface area contributed by atoms with E-state index in [2.05, 4.69) is 20.6 Å². The molecule has 1 heterocycles. The number of halogens is 2. The summed E-state index contributed by atoms with van der Waals surface area (Å²) in [5, 5.41) is 7.35. The Hall–Kier alpha value is -2.70. The van der Waals surface area contributed by atoms with Gasteiger partial charge in [0, 0.05) is 22.3 Å². The summed E-state index contributed by atoms with van der Waals surface area (Å²) in [7, 11) is 1.64. The largest absolute Gasteiger partial charge is 0.497 e. The minimum atomic E-state index is 0.400. The maximum absolute atomic E-state index is 6.18. The van der Waals surface area contributed by atoms with Crippen molar-refractivity contribution in [1.82, 2.24) is 9.97 Å². The Bertz CT molecular complexity index is 882. The summed E-state index contributed by atoms with van der Waals surface area (Å²) in [6, 6.07) is 12.9. The molecule has 3 aromatic rings. The SMILES string of the molecule is COc1ccc(CNc2ncnc(Nc3cc(Cl)cc(Cl)c3)c2N)cc1. The fourth-order valence-electron chi connectivity index (χ4n) is 2.33. The van der Waals surface area contributed by atoms with Crippen molar-refractivity contribution in [2.24, 2.45) is 0 Å². The smallest absolute Gasteiger partial charge is 0.159 e. The summed E-state index contributed by atoms with van der Waals surface area (Å²) in [5.41, 5.74) is 8.34. The van der Waals surface area contributed by atoms with E-state index in [0.717, 1.165) is 11.3 Å². The average Bonchev–Trinajstić information content (AvgIpc) is 2.62. The Balaban J connectivity index is 1.73. The van der Waals surface area contributed by atoms with Crippen LogP contribution in [0.1, 0.15) is 5.56 Å². The number of aromatic nitrogens is 2. The van der Waals surface area contributed by atoms with E-state index >= 15 is 0 Å². The Labute approximate surface area is 161 Å². The van der Waals surface area contributed by atoms with Gasteiger partial charge in [-0.15, -0.1) is 0 Å². The zero-order valence-electron chi connectivity index (χ0n) is 14.0. The summed E-state index contributed by atoms with van der Waals surface area (Å²) >= 11 is 12.0. The summed E-state index contributed by atoms with van der Waals surface area (Å²) in [6.45, 7) is 0.563. The molecule has 6 nitrogen and oxygen atoms in total. The Kier molecular flexibility index (Phi) is 5.65. The highest BCUT2D eigenvalue weighted by Gasteiger charge is 2.09. The molecule has 0 unspecified atom stereocenters. The normalized spacial score (nSPS) is 10.4. The molecule has 0 saturated carbocycles. The Morgan fingerprint density at radius 3 is 2.31 bits per heavy atom. The standard InChI is InChI=1S/C18H17Cl2N5O/c1-26-15-4-2-11(3-5-15)9-22-17-16(21)18(24-10-23-17)25-14-7-12(19)6-13(20)8-14/h2-8,10H,9,21H2,1H3,(H2,22,23,24,25). The van der Waals surface area contributed by atoms with Crippen LogP contribution in [0.3, 0.4) is 0 Å². The molecule has 8 heteroatoms. The van der Waals surface area contributed by atoms with Crippen LogP contribution in [0.2, 0.25) is 10.0 Å². The predicted octanol–water partition coefficient (Wildman–Crippen LogP) is 4.73. The van der Waals surface area contributed by atoms with Crippen molar-refractivity contribution >= 4 is 46.2 Å². The number of nitrogens with one attached hydrogen (secondary N) is 2. The van der Waals surface area contributed by atoms with E-state index in [1.54, 1.807) is 25.3 Å². The van der Waals surface area contributed by atoms with Gasteiger partial charge >= 0.3 is 0 Å². The number of rotatable bonds is 6. The molecule has 1 aromatic heterocycles. The van der Waals surface area contributed by atoms with E-state index in [0.29, 0.717) is 39.6 Å². The molecule has 26 heavy (non-hydrogen) atoms.